The van der Waals surface area contributed by atoms with E-state index in [9.17, 15) is 5.11 Å². The number of aliphatic hydroxyl groups is 1. The molecule has 3 heteroatoms. The number of hydrogen-bond donors (Lipinski definition) is 1. The summed E-state index contributed by atoms with van der Waals surface area (Å²) in [7, 11) is 1.64. The van der Waals surface area contributed by atoms with Gasteiger partial charge in [0, 0.05) is 11.6 Å². The molecule has 1 aromatic rings. The van der Waals surface area contributed by atoms with Crippen LogP contribution in [-0.2, 0) is 11.2 Å². The number of rotatable bonds is 5. The van der Waals surface area contributed by atoms with Crippen LogP contribution in [0.1, 0.15) is 18.9 Å². The van der Waals surface area contributed by atoms with Crippen molar-refractivity contribution in [2.45, 2.75) is 25.4 Å². The molecule has 1 rings (SSSR count). The number of benzene rings is 1. The quantitative estimate of drug-likeness (QED) is 0.893. The van der Waals surface area contributed by atoms with Crippen molar-refractivity contribution >= 4 is 15.9 Å². The van der Waals surface area contributed by atoms with E-state index in [4.69, 9.17) is 4.74 Å². The normalized spacial score (nSPS) is 14.9. The van der Waals surface area contributed by atoms with Gasteiger partial charge in [-0.3, -0.25) is 0 Å². The Morgan fingerprint density at radius 3 is 2.60 bits per heavy atom. The van der Waals surface area contributed by atoms with Gasteiger partial charge in [0.25, 0.3) is 0 Å². The average Bonchev–Trinajstić information content (AvgIpc) is 2.28. The van der Waals surface area contributed by atoms with Crippen molar-refractivity contribution < 1.29 is 9.84 Å². The van der Waals surface area contributed by atoms with E-state index >= 15 is 0 Å². The summed E-state index contributed by atoms with van der Waals surface area (Å²) in [6, 6.07) is 8.12. The van der Waals surface area contributed by atoms with Crippen LogP contribution in [0.15, 0.2) is 28.7 Å². The Morgan fingerprint density at radius 2 is 2.07 bits per heavy atom. The Morgan fingerprint density at radius 1 is 1.40 bits per heavy atom. The van der Waals surface area contributed by atoms with E-state index in [-0.39, 0.29) is 6.61 Å². The summed E-state index contributed by atoms with van der Waals surface area (Å²) in [6.07, 6.45) is 1.70. The molecule has 1 atom stereocenters. The van der Waals surface area contributed by atoms with Gasteiger partial charge in [0.05, 0.1) is 12.2 Å². The fourth-order valence-electron chi connectivity index (χ4n) is 1.35. The van der Waals surface area contributed by atoms with Crippen LogP contribution < -0.4 is 0 Å². The molecule has 84 valence electrons. The highest BCUT2D eigenvalue weighted by atomic mass is 79.9. The molecule has 0 heterocycles. The molecule has 0 aliphatic rings. The van der Waals surface area contributed by atoms with Crippen LogP contribution in [-0.4, -0.2) is 24.4 Å². The molecule has 0 aromatic heterocycles. The maximum Gasteiger partial charge on any atom is 0.0883 e. The van der Waals surface area contributed by atoms with Crippen molar-refractivity contribution in [1.29, 1.82) is 0 Å². The van der Waals surface area contributed by atoms with Crippen LogP contribution in [0.5, 0.6) is 0 Å². The van der Waals surface area contributed by atoms with Gasteiger partial charge in [0.2, 0.25) is 0 Å². The van der Waals surface area contributed by atoms with Crippen molar-refractivity contribution in [1.82, 2.24) is 0 Å². The third kappa shape index (κ3) is 3.59. The SMILES string of the molecule is COC(C)(CO)CCc1ccccc1Br. The number of halogens is 1. The van der Waals surface area contributed by atoms with Gasteiger partial charge < -0.3 is 9.84 Å². The highest BCUT2D eigenvalue weighted by molar-refractivity contribution is 9.10. The van der Waals surface area contributed by atoms with E-state index in [2.05, 4.69) is 22.0 Å². The summed E-state index contributed by atoms with van der Waals surface area (Å²) in [5, 5.41) is 9.20. The minimum atomic E-state index is -0.435. The van der Waals surface area contributed by atoms with Gasteiger partial charge >= 0.3 is 0 Å². The van der Waals surface area contributed by atoms with Crippen molar-refractivity contribution in [3.8, 4) is 0 Å². The smallest absolute Gasteiger partial charge is 0.0883 e. The van der Waals surface area contributed by atoms with Crippen LogP contribution in [0.3, 0.4) is 0 Å². The number of hydrogen-bond acceptors (Lipinski definition) is 2. The Kier molecular flexibility index (Phi) is 4.77. The molecular formula is C12H17BrO2. The van der Waals surface area contributed by atoms with Gasteiger partial charge in [0.1, 0.15) is 0 Å². The van der Waals surface area contributed by atoms with E-state index in [0.29, 0.717) is 0 Å². The molecule has 0 saturated heterocycles. The van der Waals surface area contributed by atoms with Crippen LogP contribution >= 0.6 is 15.9 Å². The molecule has 0 spiro atoms. The topological polar surface area (TPSA) is 29.5 Å². The first-order valence-corrected chi connectivity index (χ1v) is 5.80. The lowest BCUT2D eigenvalue weighted by Gasteiger charge is -2.25. The van der Waals surface area contributed by atoms with Crippen molar-refractivity contribution in [3.05, 3.63) is 34.3 Å². The molecule has 2 nitrogen and oxygen atoms in total. The number of ether oxygens (including phenoxy) is 1. The van der Waals surface area contributed by atoms with Gasteiger partial charge in [0.15, 0.2) is 0 Å². The first-order chi connectivity index (χ1) is 7.11. The first-order valence-electron chi connectivity index (χ1n) is 5.01. The zero-order valence-electron chi connectivity index (χ0n) is 9.16. The van der Waals surface area contributed by atoms with Gasteiger partial charge in [-0.25, -0.2) is 0 Å². The summed E-state index contributed by atoms with van der Waals surface area (Å²) in [6.45, 7) is 1.97. The minimum absolute atomic E-state index is 0.0496. The number of aryl methyl sites for hydroxylation is 1. The lowest BCUT2D eigenvalue weighted by molar-refractivity contribution is -0.0429. The second kappa shape index (κ2) is 5.64. The Labute approximate surface area is 99.4 Å². The third-order valence-corrected chi connectivity index (χ3v) is 3.48. The van der Waals surface area contributed by atoms with Crippen LogP contribution in [0, 0.1) is 0 Å². The molecule has 0 bridgehead atoms. The molecule has 0 aliphatic heterocycles. The van der Waals surface area contributed by atoms with Gasteiger partial charge in [-0.2, -0.15) is 0 Å². The van der Waals surface area contributed by atoms with Gasteiger partial charge in [-0.1, -0.05) is 34.1 Å². The highest BCUT2D eigenvalue weighted by Gasteiger charge is 2.22. The standard InChI is InChI=1S/C12H17BrO2/c1-12(9-14,15-2)8-7-10-5-3-4-6-11(10)13/h3-6,14H,7-9H2,1-2H3. The first kappa shape index (κ1) is 12.7. The van der Waals surface area contributed by atoms with Crippen LogP contribution in [0.4, 0.5) is 0 Å². The summed E-state index contributed by atoms with van der Waals surface area (Å²) in [5.74, 6) is 0. The fraction of sp³-hybridized carbons (Fsp3) is 0.500. The lowest BCUT2D eigenvalue weighted by atomic mass is 9.97. The maximum atomic E-state index is 9.20. The summed E-state index contributed by atoms with van der Waals surface area (Å²) >= 11 is 3.50. The molecule has 0 aliphatic carbocycles. The monoisotopic (exact) mass is 272 g/mol. The van der Waals surface area contributed by atoms with Crippen LogP contribution in [0.2, 0.25) is 0 Å². The molecule has 1 aromatic carbocycles. The number of aliphatic hydroxyl groups excluding tert-OH is 1. The lowest BCUT2D eigenvalue weighted by Crippen LogP contribution is -2.32. The Hall–Kier alpha value is -0.380. The average molecular weight is 273 g/mol. The second-order valence-corrected chi connectivity index (χ2v) is 4.76. The van der Waals surface area contributed by atoms with Gasteiger partial charge in [-0.05, 0) is 31.4 Å². The largest absolute Gasteiger partial charge is 0.393 e. The summed E-state index contributed by atoms with van der Waals surface area (Å²) in [5.41, 5.74) is 0.809. The number of methoxy groups -OCH3 is 1. The highest BCUT2D eigenvalue weighted by Crippen LogP contribution is 2.22. The molecule has 15 heavy (non-hydrogen) atoms. The molecule has 1 N–H and O–H groups in total. The predicted molar refractivity (Wildman–Crippen MR) is 65.0 cm³/mol. The van der Waals surface area contributed by atoms with E-state index in [0.717, 1.165) is 17.3 Å². The zero-order chi connectivity index (χ0) is 11.3. The molecule has 0 fully saturated rings. The minimum Gasteiger partial charge on any atom is -0.393 e. The van der Waals surface area contributed by atoms with Crippen molar-refractivity contribution in [3.63, 3.8) is 0 Å². The Bertz CT molecular complexity index is 308. The predicted octanol–water partition coefficient (Wildman–Crippen LogP) is 2.78. The zero-order valence-corrected chi connectivity index (χ0v) is 10.8. The molecule has 1 unspecified atom stereocenters. The van der Waals surface area contributed by atoms with E-state index in [1.807, 2.05) is 25.1 Å². The van der Waals surface area contributed by atoms with E-state index < -0.39 is 5.60 Å². The molecule has 0 amide bonds. The van der Waals surface area contributed by atoms with Gasteiger partial charge in [-0.15, -0.1) is 0 Å². The third-order valence-electron chi connectivity index (χ3n) is 2.71. The van der Waals surface area contributed by atoms with Crippen molar-refractivity contribution in [2.75, 3.05) is 13.7 Å². The second-order valence-electron chi connectivity index (χ2n) is 3.90. The van der Waals surface area contributed by atoms with E-state index in [1.54, 1.807) is 7.11 Å². The van der Waals surface area contributed by atoms with Crippen molar-refractivity contribution in [2.24, 2.45) is 0 Å². The Balaban J connectivity index is 2.61. The summed E-state index contributed by atoms with van der Waals surface area (Å²) in [4.78, 5) is 0. The maximum absolute atomic E-state index is 9.20. The molecule has 0 radical (unpaired) electrons. The van der Waals surface area contributed by atoms with E-state index in [1.165, 1.54) is 5.56 Å². The molecule has 0 saturated carbocycles. The fourth-order valence-corrected chi connectivity index (χ4v) is 1.83. The molecular weight excluding hydrogens is 256 g/mol. The van der Waals surface area contributed by atoms with Crippen LogP contribution in [0.25, 0.3) is 0 Å². The summed E-state index contributed by atoms with van der Waals surface area (Å²) < 4.78 is 6.40.